The zero-order valence-electron chi connectivity index (χ0n) is 10.1. The largest absolute Gasteiger partial charge is 0.303 e. The second-order valence-electron chi connectivity index (χ2n) is 5.99. The highest BCUT2D eigenvalue weighted by Crippen LogP contribution is 2.46. The molecule has 0 bridgehead atoms. The lowest BCUT2D eigenvalue weighted by Gasteiger charge is -2.33. The molecule has 1 aliphatic heterocycles. The normalized spacial score (nSPS) is 33.0. The highest BCUT2D eigenvalue weighted by molar-refractivity contribution is 4.96. The monoisotopic (exact) mass is 195 g/mol. The fraction of sp³-hybridized carbons (Fsp3) is 1.00. The standard InChI is InChI=1S/C13H25N/c1-11(2)12-9-13(10-14(12)3)7-5-4-6-8-13/h11-12H,4-10H2,1-3H3/t12-/m0/s1. The SMILES string of the molecule is CC(C)[C@@H]1CC2(CCCCC2)CN1C. The van der Waals surface area contributed by atoms with Crippen molar-refractivity contribution in [3.05, 3.63) is 0 Å². The Hall–Kier alpha value is -0.0400. The summed E-state index contributed by atoms with van der Waals surface area (Å²) in [5.41, 5.74) is 0.724. The van der Waals surface area contributed by atoms with Crippen molar-refractivity contribution in [1.29, 1.82) is 0 Å². The quantitative estimate of drug-likeness (QED) is 0.620. The lowest BCUT2D eigenvalue weighted by atomic mass is 9.72. The molecule has 1 saturated carbocycles. The van der Waals surface area contributed by atoms with E-state index in [1.54, 1.807) is 0 Å². The number of hydrogen-bond donors (Lipinski definition) is 0. The molecule has 0 aromatic carbocycles. The summed E-state index contributed by atoms with van der Waals surface area (Å²) in [5.74, 6) is 0.835. The molecule has 2 fully saturated rings. The minimum atomic E-state index is 0.724. The van der Waals surface area contributed by atoms with Crippen LogP contribution in [0.15, 0.2) is 0 Å². The van der Waals surface area contributed by atoms with Crippen LogP contribution in [0, 0.1) is 11.3 Å². The fourth-order valence-electron chi connectivity index (χ4n) is 3.72. The summed E-state index contributed by atoms with van der Waals surface area (Å²) in [6, 6.07) is 0.855. The van der Waals surface area contributed by atoms with E-state index in [-0.39, 0.29) is 0 Å². The lowest BCUT2D eigenvalue weighted by Crippen LogP contribution is -2.30. The molecule has 1 aliphatic carbocycles. The van der Waals surface area contributed by atoms with Crippen LogP contribution in [0.5, 0.6) is 0 Å². The van der Waals surface area contributed by atoms with Crippen LogP contribution in [0.4, 0.5) is 0 Å². The van der Waals surface area contributed by atoms with Gasteiger partial charge in [0.1, 0.15) is 0 Å². The highest BCUT2D eigenvalue weighted by Gasteiger charge is 2.43. The fourth-order valence-corrected chi connectivity index (χ4v) is 3.72. The molecular weight excluding hydrogens is 170 g/mol. The molecule has 14 heavy (non-hydrogen) atoms. The average molecular weight is 195 g/mol. The first-order valence-corrected chi connectivity index (χ1v) is 6.33. The molecular formula is C13H25N. The van der Waals surface area contributed by atoms with E-state index in [0.29, 0.717) is 0 Å². The second-order valence-corrected chi connectivity index (χ2v) is 5.99. The van der Waals surface area contributed by atoms with Gasteiger partial charge in [0.15, 0.2) is 0 Å². The number of rotatable bonds is 1. The van der Waals surface area contributed by atoms with E-state index in [1.807, 2.05) is 0 Å². The van der Waals surface area contributed by atoms with Gasteiger partial charge in [-0.25, -0.2) is 0 Å². The zero-order chi connectivity index (χ0) is 10.2. The van der Waals surface area contributed by atoms with Gasteiger partial charge in [0.05, 0.1) is 0 Å². The molecule has 0 unspecified atom stereocenters. The van der Waals surface area contributed by atoms with Crippen molar-refractivity contribution in [3.8, 4) is 0 Å². The minimum absolute atomic E-state index is 0.724. The molecule has 1 nitrogen and oxygen atoms in total. The van der Waals surface area contributed by atoms with E-state index in [9.17, 15) is 0 Å². The Morgan fingerprint density at radius 2 is 1.79 bits per heavy atom. The van der Waals surface area contributed by atoms with Gasteiger partial charge in [0.2, 0.25) is 0 Å². The van der Waals surface area contributed by atoms with Gasteiger partial charge in [-0.05, 0) is 37.6 Å². The molecule has 0 radical (unpaired) electrons. The Bertz CT molecular complexity index is 191. The van der Waals surface area contributed by atoms with E-state index in [0.717, 1.165) is 17.4 Å². The highest BCUT2D eigenvalue weighted by atomic mass is 15.2. The molecule has 0 aromatic rings. The zero-order valence-corrected chi connectivity index (χ0v) is 10.1. The summed E-state index contributed by atoms with van der Waals surface area (Å²) in [4.78, 5) is 2.62. The second kappa shape index (κ2) is 3.84. The Morgan fingerprint density at radius 3 is 2.29 bits per heavy atom. The van der Waals surface area contributed by atoms with Gasteiger partial charge in [-0.1, -0.05) is 33.1 Å². The first kappa shape index (κ1) is 10.5. The van der Waals surface area contributed by atoms with Crippen LogP contribution >= 0.6 is 0 Å². The van der Waals surface area contributed by atoms with Crippen molar-refractivity contribution < 1.29 is 0 Å². The topological polar surface area (TPSA) is 3.24 Å². The summed E-state index contributed by atoms with van der Waals surface area (Å²) >= 11 is 0. The van der Waals surface area contributed by atoms with Gasteiger partial charge in [-0.3, -0.25) is 0 Å². The van der Waals surface area contributed by atoms with Crippen molar-refractivity contribution >= 4 is 0 Å². The van der Waals surface area contributed by atoms with Crippen LogP contribution in [0.2, 0.25) is 0 Å². The molecule has 1 heteroatoms. The van der Waals surface area contributed by atoms with Crippen molar-refractivity contribution in [2.24, 2.45) is 11.3 Å². The summed E-state index contributed by atoms with van der Waals surface area (Å²) in [6.07, 6.45) is 8.93. The summed E-state index contributed by atoms with van der Waals surface area (Å²) < 4.78 is 0. The number of nitrogens with zero attached hydrogens (tertiary/aromatic N) is 1. The first-order valence-electron chi connectivity index (χ1n) is 6.33. The van der Waals surface area contributed by atoms with Crippen LogP contribution < -0.4 is 0 Å². The van der Waals surface area contributed by atoms with E-state index in [2.05, 4.69) is 25.8 Å². The summed E-state index contributed by atoms with van der Waals surface area (Å²) in [5, 5.41) is 0. The van der Waals surface area contributed by atoms with Crippen LogP contribution in [0.1, 0.15) is 52.4 Å². The van der Waals surface area contributed by atoms with Gasteiger partial charge >= 0.3 is 0 Å². The molecule has 82 valence electrons. The molecule has 0 N–H and O–H groups in total. The number of hydrogen-bond acceptors (Lipinski definition) is 1. The maximum Gasteiger partial charge on any atom is 0.0121 e. The van der Waals surface area contributed by atoms with Crippen molar-refractivity contribution in [2.75, 3.05) is 13.6 Å². The predicted octanol–water partition coefficient (Wildman–Crippen LogP) is 3.30. The maximum absolute atomic E-state index is 2.62. The summed E-state index contributed by atoms with van der Waals surface area (Å²) in [7, 11) is 2.33. The summed E-state index contributed by atoms with van der Waals surface area (Å²) in [6.45, 7) is 6.13. The van der Waals surface area contributed by atoms with Gasteiger partial charge in [0, 0.05) is 12.6 Å². The molecule has 1 heterocycles. The average Bonchev–Trinajstić information content (AvgIpc) is 2.44. The van der Waals surface area contributed by atoms with Gasteiger partial charge in [0.25, 0.3) is 0 Å². The van der Waals surface area contributed by atoms with Gasteiger partial charge < -0.3 is 4.90 Å². The van der Waals surface area contributed by atoms with Crippen molar-refractivity contribution in [2.45, 2.75) is 58.4 Å². The molecule has 0 amide bonds. The van der Waals surface area contributed by atoms with Gasteiger partial charge in [-0.15, -0.1) is 0 Å². The van der Waals surface area contributed by atoms with Crippen LogP contribution in [-0.4, -0.2) is 24.5 Å². The third-order valence-corrected chi connectivity index (χ3v) is 4.48. The van der Waals surface area contributed by atoms with E-state index in [4.69, 9.17) is 0 Å². The molecule has 2 aliphatic rings. The molecule has 1 atom stereocenters. The maximum atomic E-state index is 2.62. The Labute approximate surface area is 88.9 Å². The lowest BCUT2D eigenvalue weighted by molar-refractivity contribution is 0.195. The van der Waals surface area contributed by atoms with Crippen molar-refractivity contribution in [1.82, 2.24) is 4.90 Å². The molecule has 2 rings (SSSR count). The van der Waals surface area contributed by atoms with Crippen molar-refractivity contribution in [3.63, 3.8) is 0 Å². The molecule has 1 spiro atoms. The van der Waals surface area contributed by atoms with Crippen LogP contribution in [0.25, 0.3) is 0 Å². The predicted molar refractivity (Wildman–Crippen MR) is 61.4 cm³/mol. The van der Waals surface area contributed by atoms with Gasteiger partial charge in [-0.2, -0.15) is 0 Å². The van der Waals surface area contributed by atoms with E-state index in [1.165, 1.54) is 45.1 Å². The minimum Gasteiger partial charge on any atom is -0.303 e. The van der Waals surface area contributed by atoms with Crippen LogP contribution in [0.3, 0.4) is 0 Å². The van der Waals surface area contributed by atoms with E-state index < -0.39 is 0 Å². The first-order chi connectivity index (χ1) is 6.63. The van der Waals surface area contributed by atoms with E-state index >= 15 is 0 Å². The number of likely N-dealkylation sites (tertiary alicyclic amines) is 1. The molecule has 1 saturated heterocycles. The Kier molecular flexibility index (Phi) is 2.88. The Morgan fingerprint density at radius 1 is 1.14 bits per heavy atom. The third-order valence-electron chi connectivity index (χ3n) is 4.48. The smallest absolute Gasteiger partial charge is 0.0121 e. The Balaban J connectivity index is 2.03. The molecule has 0 aromatic heterocycles. The third kappa shape index (κ3) is 1.84. The van der Waals surface area contributed by atoms with Crippen LogP contribution in [-0.2, 0) is 0 Å².